The first-order valence-electron chi connectivity index (χ1n) is 8.80. The molecule has 152 valence electrons. The maximum atomic E-state index is 13.4. The maximum Gasteiger partial charge on any atom is 0.394 e. The third-order valence-corrected chi connectivity index (χ3v) is 6.51. The number of carbonyl (C=O) groups excluding carboxylic acids is 1. The highest BCUT2D eigenvalue weighted by Crippen LogP contribution is 2.59. The first kappa shape index (κ1) is 20.5. The Morgan fingerprint density at radius 1 is 1.14 bits per heavy atom. The van der Waals surface area contributed by atoms with E-state index in [2.05, 4.69) is 10.0 Å². The molecule has 2 bridgehead atoms. The summed E-state index contributed by atoms with van der Waals surface area (Å²) < 4.78 is 65.5. The van der Waals surface area contributed by atoms with E-state index in [1.165, 1.54) is 18.2 Å². The first-order valence-corrected chi connectivity index (χ1v) is 10.7. The molecule has 1 aromatic rings. The smallest absolute Gasteiger partial charge is 0.347 e. The molecule has 0 atom stereocenters. The number of nitrogens with zero attached hydrogens (tertiary/aromatic N) is 1. The number of nitriles is 1. The molecule has 3 saturated carbocycles. The van der Waals surface area contributed by atoms with Crippen LogP contribution in [0.3, 0.4) is 0 Å². The lowest BCUT2D eigenvalue weighted by Crippen LogP contribution is -2.59. The van der Waals surface area contributed by atoms with Gasteiger partial charge in [-0.1, -0.05) is 0 Å². The van der Waals surface area contributed by atoms with Crippen molar-refractivity contribution in [1.29, 1.82) is 5.26 Å². The predicted octanol–water partition coefficient (Wildman–Crippen LogP) is 3.31. The molecule has 0 spiro atoms. The maximum absolute atomic E-state index is 13.4. The van der Waals surface area contributed by atoms with Gasteiger partial charge in [-0.15, -0.1) is 0 Å². The van der Waals surface area contributed by atoms with Gasteiger partial charge in [-0.25, -0.2) is 8.42 Å². The monoisotopic (exact) mass is 415 g/mol. The summed E-state index contributed by atoms with van der Waals surface area (Å²) in [4.78, 5) is 12.9. The number of carbonyl (C=O) groups is 1. The van der Waals surface area contributed by atoms with Crippen molar-refractivity contribution in [2.75, 3.05) is 11.0 Å². The molecule has 3 fully saturated rings. The minimum Gasteiger partial charge on any atom is -0.347 e. The molecule has 10 heteroatoms. The van der Waals surface area contributed by atoms with Gasteiger partial charge in [0.2, 0.25) is 10.0 Å². The zero-order chi connectivity index (χ0) is 20.8. The minimum atomic E-state index is -4.25. The molecule has 0 unspecified atom stereocenters. The standard InChI is InChI=1S/C18H20F3N3O3S/c1-28(26,27)24-14-3-2-12(11-22)10-13(14)15(25)23-17-7-4-16(5-8-17,6-9-17)18(19,20)21/h2-3,10,24H,4-9H2,1H3,(H,23,25). The second-order valence-corrected chi connectivity index (χ2v) is 9.51. The lowest BCUT2D eigenvalue weighted by atomic mass is 9.57. The van der Waals surface area contributed by atoms with E-state index in [0.717, 1.165) is 6.26 Å². The Morgan fingerprint density at radius 3 is 2.18 bits per heavy atom. The van der Waals surface area contributed by atoms with Gasteiger partial charge >= 0.3 is 6.18 Å². The van der Waals surface area contributed by atoms with Crippen molar-refractivity contribution in [3.05, 3.63) is 29.3 Å². The average Bonchev–Trinajstić information content (AvgIpc) is 2.61. The van der Waals surface area contributed by atoms with Crippen LogP contribution in [0, 0.1) is 16.7 Å². The van der Waals surface area contributed by atoms with E-state index >= 15 is 0 Å². The largest absolute Gasteiger partial charge is 0.394 e. The van der Waals surface area contributed by atoms with Crippen LogP contribution in [0.1, 0.15) is 54.4 Å². The second kappa shape index (κ2) is 6.65. The van der Waals surface area contributed by atoms with Crippen molar-refractivity contribution in [3.8, 4) is 6.07 Å². The first-order chi connectivity index (χ1) is 12.9. The molecule has 3 aliphatic carbocycles. The molecule has 28 heavy (non-hydrogen) atoms. The fourth-order valence-corrected chi connectivity index (χ4v) is 4.77. The van der Waals surface area contributed by atoms with Crippen molar-refractivity contribution in [2.45, 2.75) is 50.2 Å². The Kier molecular flexibility index (Phi) is 4.86. The fraction of sp³-hybridized carbons (Fsp3) is 0.556. The van der Waals surface area contributed by atoms with Crippen molar-refractivity contribution in [3.63, 3.8) is 0 Å². The van der Waals surface area contributed by atoms with Crippen LogP contribution in [0.5, 0.6) is 0 Å². The number of nitrogens with one attached hydrogen (secondary N) is 2. The average molecular weight is 415 g/mol. The second-order valence-electron chi connectivity index (χ2n) is 7.76. The van der Waals surface area contributed by atoms with Crippen LogP contribution < -0.4 is 10.0 Å². The quantitative estimate of drug-likeness (QED) is 0.788. The van der Waals surface area contributed by atoms with Gasteiger partial charge < -0.3 is 5.32 Å². The predicted molar refractivity (Wildman–Crippen MR) is 96.0 cm³/mol. The van der Waals surface area contributed by atoms with Crippen molar-refractivity contribution < 1.29 is 26.4 Å². The third kappa shape index (κ3) is 3.81. The lowest BCUT2D eigenvalue weighted by Gasteiger charge is -2.53. The van der Waals surface area contributed by atoms with Crippen LogP contribution >= 0.6 is 0 Å². The van der Waals surface area contributed by atoms with E-state index in [1.54, 1.807) is 0 Å². The Bertz CT molecular complexity index is 927. The minimum absolute atomic E-state index is 0.0201. The van der Waals surface area contributed by atoms with E-state index in [-0.39, 0.29) is 55.3 Å². The molecule has 1 aromatic carbocycles. The van der Waals surface area contributed by atoms with Gasteiger partial charge in [-0.3, -0.25) is 9.52 Å². The van der Waals surface area contributed by atoms with Crippen LogP contribution in [0.2, 0.25) is 0 Å². The number of benzene rings is 1. The van der Waals surface area contributed by atoms with E-state index < -0.39 is 33.1 Å². The summed E-state index contributed by atoms with van der Waals surface area (Å²) in [5.74, 6) is -0.607. The summed E-state index contributed by atoms with van der Waals surface area (Å²) in [6.07, 6.45) is -2.79. The zero-order valence-electron chi connectivity index (χ0n) is 15.2. The van der Waals surface area contributed by atoms with Gasteiger partial charge in [0.05, 0.1) is 34.6 Å². The number of alkyl halides is 3. The molecule has 0 saturated heterocycles. The number of fused-ring (bicyclic) bond motifs is 3. The number of hydrogen-bond donors (Lipinski definition) is 2. The Morgan fingerprint density at radius 2 is 1.71 bits per heavy atom. The van der Waals surface area contributed by atoms with Crippen LogP contribution in [-0.4, -0.2) is 32.3 Å². The van der Waals surface area contributed by atoms with E-state index in [9.17, 15) is 26.4 Å². The van der Waals surface area contributed by atoms with Gasteiger partial charge in [0.25, 0.3) is 5.91 Å². The Balaban J connectivity index is 1.84. The number of halogens is 3. The molecule has 0 heterocycles. The van der Waals surface area contributed by atoms with Gasteiger partial charge in [-0.2, -0.15) is 18.4 Å². The molecule has 3 aliphatic rings. The number of anilines is 1. The zero-order valence-corrected chi connectivity index (χ0v) is 16.0. The summed E-state index contributed by atoms with van der Waals surface area (Å²) in [5.41, 5.74) is -2.24. The van der Waals surface area contributed by atoms with Gasteiger partial charge in [0.1, 0.15) is 0 Å². The van der Waals surface area contributed by atoms with Crippen molar-refractivity contribution in [1.82, 2.24) is 5.32 Å². The molecule has 6 nitrogen and oxygen atoms in total. The van der Waals surface area contributed by atoms with Crippen LogP contribution in [0.4, 0.5) is 18.9 Å². The Hall–Kier alpha value is -2.28. The number of hydrogen-bond acceptors (Lipinski definition) is 4. The summed E-state index contributed by atoms with van der Waals surface area (Å²) >= 11 is 0. The number of rotatable bonds is 4. The van der Waals surface area contributed by atoms with Crippen molar-refractivity contribution >= 4 is 21.6 Å². The molecule has 0 radical (unpaired) electrons. The van der Waals surface area contributed by atoms with E-state index in [4.69, 9.17) is 5.26 Å². The highest BCUT2D eigenvalue weighted by Gasteiger charge is 2.61. The third-order valence-electron chi connectivity index (χ3n) is 5.92. The van der Waals surface area contributed by atoms with Crippen LogP contribution in [-0.2, 0) is 10.0 Å². The normalized spacial score (nSPS) is 27.1. The summed E-state index contributed by atoms with van der Waals surface area (Å²) in [6.45, 7) is 0. The summed E-state index contributed by atoms with van der Waals surface area (Å²) in [6, 6.07) is 5.85. The summed E-state index contributed by atoms with van der Waals surface area (Å²) in [5, 5.41) is 11.9. The van der Waals surface area contributed by atoms with Crippen LogP contribution in [0.25, 0.3) is 0 Å². The number of sulfonamides is 1. The topological polar surface area (TPSA) is 99.1 Å². The van der Waals surface area contributed by atoms with Crippen molar-refractivity contribution in [2.24, 2.45) is 5.41 Å². The lowest BCUT2D eigenvalue weighted by molar-refractivity contribution is -0.253. The Labute approximate surface area is 161 Å². The van der Waals surface area contributed by atoms with Crippen LogP contribution in [0.15, 0.2) is 18.2 Å². The van der Waals surface area contributed by atoms with Gasteiger partial charge in [0.15, 0.2) is 0 Å². The number of amides is 1. The van der Waals surface area contributed by atoms with Gasteiger partial charge in [-0.05, 0) is 56.7 Å². The SMILES string of the molecule is CS(=O)(=O)Nc1ccc(C#N)cc1C(=O)NC12CCC(C(F)(F)F)(CC1)CC2. The molecule has 1 amide bonds. The summed E-state index contributed by atoms with van der Waals surface area (Å²) in [7, 11) is -3.66. The highest BCUT2D eigenvalue weighted by molar-refractivity contribution is 7.92. The molecule has 0 aromatic heterocycles. The molecule has 2 N–H and O–H groups in total. The molecular formula is C18H20F3N3O3S. The highest BCUT2D eigenvalue weighted by atomic mass is 32.2. The molecular weight excluding hydrogens is 395 g/mol. The van der Waals surface area contributed by atoms with E-state index in [0.29, 0.717) is 0 Å². The fourth-order valence-electron chi connectivity index (χ4n) is 4.20. The van der Waals surface area contributed by atoms with E-state index in [1.807, 2.05) is 6.07 Å². The molecule has 0 aliphatic heterocycles. The van der Waals surface area contributed by atoms with Gasteiger partial charge in [0, 0.05) is 5.54 Å². The molecule has 4 rings (SSSR count).